The maximum Gasteiger partial charge on any atom is 0.256 e. The molecule has 1 aliphatic heterocycles. The van der Waals surface area contributed by atoms with Crippen molar-refractivity contribution in [2.75, 3.05) is 6.54 Å². The van der Waals surface area contributed by atoms with Crippen LogP contribution in [0.5, 0.6) is 0 Å². The molecular formula is C14H12BrF3NOY-. The van der Waals surface area contributed by atoms with Gasteiger partial charge in [-0.15, -0.1) is 11.3 Å². The van der Waals surface area contributed by atoms with Gasteiger partial charge in [-0.25, -0.2) is 19.2 Å². The van der Waals surface area contributed by atoms with Crippen molar-refractivity contribution in [3.63, 3.8) is 0 Å². The van der Waals surface area contributed by atoms with E-state index in [1.54, 1.807) is 13.0 Å². The summed E-state index contributed by atoms with van der Waals surface area (Å²) in [5, 5.41) is 0. The summed E-state index contributed by atoms with van der Waals surface area (Å²) in [5.41, 5.74) is 0.173. The summed E-state index contributed by atoms with van der Waals surface area (Å²) in [6, 6.07) is 4.31. The smallest absolute Gasteiger partial charge is 0.256 e. The van der Waals surface area contributed by atoms with E-state index in [-0.39, 0.29) is 50.4 Å². The summed E-state index contributed by atoms with van der Waals surface area (Å²) in [5.74, 6) is -1.44. The first-order valence-corrected chi connectivity index (χ1v) is 6.86. The number of rotatable bonds is 3. The van der Waals surface area contributed by atoms with Gasteiger partial charge in [0.15, 0.2) is 0 Å². The fourth-order valence-corrected chi connectivity index (χ4v) is 2.61. The van der Waals surface area contributed by atoms with Crippen LogP contribution < -0.4 is 0 Å². The van der Waals surface area contributed by atoms with Crippen LogP contribution in [0.3, 0.4) is 0 Å². The molecule has 1 aliphatic rings. The van der Waals surface area contributed by atoms with Crippen LogP contribution in [-0.4, -0.2) is 23.8 Å². The third kappa shape index (κ3) is 4.17. The third-order valence-corrected chi connectivity index (χ3v) is 3.71. The molecule has 2 nitrogen and oxygen atoms in total. The van der Waals surface area contributed by atoms with E-state index in [2.05, 4.69) is 22.0 Å². The molecule has 0 bridgehead atoms. The molecule has 1 radical (unpaired) electrons. The van der Waals surface area contributed by atoms with Gasteiger partial charge in [0.2, 0.25) is 5.91 Å². The quantitative estimate of drug-likeness (QED) is 0.660. The Labute approximate surface area is 154 Å². The molecule has 1 unspecified atom stereocenters. The maximum atomic E-state index is 14.0. The van der Waals surface area contributed by atoms with Gasteiger partial charge >= 0.3 is 0 Å². The maximum absolute atomic E-state index is 14.0. The topological polar surface area (TPSA) is 20.3 Å². The zero-order chi connectivity index (χ0) is 14.9. The van der Waals surface area contributed by atoms with E-state index < -0.39 is 30.6 Å². The molecule has 7 heteroatoms. The fourth-order valence-electron chi connectivity index (χ4n) is 2.08. The molecule has 0 N–H and O–H groups in total. The number of carbonyl (C=O) groups excluding carboxylic acids is 1. The number of halogens is 4. The number of allylic oxidation sites excluding steroid dienone is 1. The van der Waals surface area contributed by atoms with E-state index in [1.807, 2.05) is 0 Å². The van der Waals surface area contributed by atoms with E-state index in [9.17, 15) is 18.0 Å². The summed E-state index contributed by atoms with van der Waals surface area (Å²) >= 11 is 3.19. The Morgan fingerprint density at radius 3 is 2.71 bits per heavy atom. The second-order valence-electron chi connectivity index (χ2n) is 4.57. The van der Waals surface area contributed by atoms with Crippen LogP contribution in [0.15, 0.2) is 22.7 Å². The van der Waals surface area contributed by atoms with Crippen LogP contribution in [0, 0.1) is 17.8 Å². The SMILES string of the molecule is CC1C[C-]=C(c2c(F)cccc2Br)N(CC(F)F)C1=O.[Y]. The van der Waals surface area contributed by atoms with Crippen molar-refractivity contribution in [3.05, 3.63) is 40.1 Å². The number of hydrogen-bond acceptors (Lipinski definition) is 1. The molecule has 0 aromatic heterocycles. The Hall–Kier alpha value is -0.196. The normalized spacial score (nSPS) is 18.6. The molecule has 2 rings (SSSR count). The Morgan fingerprint density at radius 1 is 1.48 bits per heavy atom. The molecule has 1 amide bonds. The van der Waals surface area contributed by atoms with Crippen molar-refractivity contribution < 1.29 is 50.7 Å². The Morgan fingerprint density at radius 2 is 2.14 bits per heavy atom. The van der Waals surface area contributed by atoms with Crippen molar-refractivity contribution in [2.45, 2.75) is 19.8 Å². The molecule has 0 saturated carbocycles. The molecule has 1 aromatic rings. The van der Waals surface area contributed by atoms with Gasteiger partial charge in [0.25, 0.3) is 6.43 Å². The van der Waals surface area contributed by atoms with E-state index in [4.69, 9.17) is 0 Å². The van der Waals surface area contributed by atoms with Crippen LogP contribution in [0.2, 0.25) is 0 Å². The van der Waals surface area contributed by atoms with Crippen LogP contribution in [-0.2, 0) is 37.5 Å². The van der Waals surface area contributed by atoms with Gasteiger partial charge in [-0.1, -0.05) is 45.9 Å². The van der Waals surface area contributed by atoms with Crippen LogP contribution >= 0.6 is 15.9 Å². The number of carbonyl (C=O) groups is 1. The first-order valence-electron chi connectivity index (χ1n) is 6.06. The van der Waals surface area contributed by atoms with Crippen LogP contribution in [0.4, 0.5) is 13.2 Å². The van der Waals surface area contributed by atoms with Crippen molar-refractivity contribution in [3.8, 4) is 0 Å². The summed E-state index contributed by atoms with van der Waals surface area (Å²) in [4.78, 5) is 13.0. The number of nitrogens with zero attached hydrogens (tertiary/aromatic N) is 1. The average molecular weight is 436 g/mol. The van der Waals surface area contributed by atoms with E-state index in [1.165, 1.54) is 12.1 Å². The van der Waals surface area contributed by atoms with Gasteiger partial charge in [-0.2, -0.15) is 0 Å². The monoisotopic (exact) mass is 435 g/mol. The van der Waals surface area contributed by atoms with Crippen molar-refractivity contribution >= 4 is 27.5 Å². The predicted octanol–water partition coefficient (Wildman–Crippen LogP) is 3.86. The number of hydrogen-bond donors (Lipinski definition) is 0. The van der Waals surface area contributed by atoms with Gasteiger partial charge in [-0.3, -0.25) is 4.79 Å². The Kier molecular flexibility index (Phi) is 7.08. The second-order valence-corrected chi connectivity index (χ2v) is 5.42. The predicted molar refractivity (Wildman–Crippen MR) is 72.2 cm³/mol. The standard InChI is InChI=1S/C14H12BrF3NO.Y/c1-8-5-6-11(19(14(8)20)7-12(17)18)13-9(15)3-2-4-10(13)16;/h2-4,8,12H,5,7H2,1H3;/q-1;. The minimum Gasteiger partial charge on any atom is -0.341 e. The molecule has 1 atom stereocenters. The average Bonchev–Trinajstić information content (AvgIpc) is 2.37. The zero-order valence-corrected chi connectivity index (χ0v) is 15.7. The van der Waals surface area contributed by atoms with E-state index in [0.29, 0.717) is 4.47 Å². The van der Waals surface area contributed by atoms with Crippen molar-refractivity contribution in [1.29, 1.82) is 0 Å². The third-order valence-electron chi connectivity index (χ3n) is 3.05. The fraction of sp³-hybridized carbons (Fsp3) is 0.357. The van der Waals surface area contributed by atoms with Gasteiger partial charge < -0.3 is 4.90 Å². The van der Waals surface area contributed by atoms with Crippen LogP contribution in [0.1, 0.15) is 18.9 Å². The minimum absolute atomic E-state index is 0. The summed E-state index contributed by atoms with van der Waals surface area (Å²) in [7, 11) is 0. The minimum atomic E-state index is -2.69. The van der Waals surface area contributed by atoms with Crippen LogP contribution in [0.25, 0.3) is 5.70 Å². The zero-order valence-electron chi connectivity index (χ0n) is 11.2. The summed E-state index contributed by atoms with van der Waals surface area (Å²) in [6.45, 7) is 0.882. The molecule has 21 heavy (non-hydrogen) atoms. The summed E-state index contributed by atoms with van der Waals surface area (Å²) in [6.07, 6.45) is 0.469. The molecule has 1 aromatic carbocycles. The van der Waals surface area contributed by atoms with Gasteiger partial charge in [0.05, 0.1) is 12.4 Å². The van der Waals surface area contributed by atoms with Crippen molar-refractivity contribution in [2.24, 2.45) is 5.92 Å². The summed E-state index contributed by atoms with van der Waals surface area (Å²) < 4.78 is 39.7. The van der Waals surface area contributed by atoms with E-state index in [0.717, 1.165) is 4.90 Å². The molecule has 0 fully saturated rings. The van der Waals surface area contributed by atoms with Gasteiger partial charge in [0.1, 0.15) is 0 Å². The largest absolute Gasteiger partial charge is 0.341 e. The first-order chi connectivity index (χ1) is 9.41. The number of alkyl halides is 2. The molecular weight excluding hydrogens is 424 g/mol. The molecule has 0 aliphatic carbocycles. The Balaban J connectivity index is 0.00000220. The molecule has 0 saturated heterocycles. The number of amides is 1. The first kappa shape index (κ1) is 18.9. The molecule has 0 spiro atoms. The number of benzene rings is 1. The van der Waals surface area contributed by atoms with E-state index >= 15 is 0 Å². The molecule has 111 valence electrons. The van der Waals surface area contributed by atoms with Gasteiger partial charge in [-0.05, 0) is 6.07 Å². The Bertz CT molecular complexity index is 545. The van der Waals surface area contributed by atoms with Gasteiger partial charge in [0, 0.05) is 38.6 Å². The second kappa shape index (κ2) is 7.88. The molecule has 1 heterocycles. The van der Waals surface area contributed by atoms with Crippen molar-refractivity contribution in [1.82, 2.24) is 4.90 Å².